The van der Waals surface area contributed by atoms with Crippen molar-refractivity contribution in [2.24, 2.45) is 0 Å². The second-order valence-corrected chi connectivity index (χ2v) is 7.42. The Kier molecular flexibility index (Phi) is 6.03. The summed E-state index contributed by atoms with van der Waals surface area (Å²) < 4.78 is 0.945. The summed E-state index contributed by atoms with van der Waals surface area (Å²) in [5.41, 5.74) is 1.93. The molecule has 130 valence electrons. The van der Waals surface area contributed by atoms with E-state index in [0.717, 1.165) is 30.3 Å². The standard InChI is InChI=1S/C21H22BrNO2/c22-18-10-8-17(9-11-18)20(24)12-13-21(25)23-14-4-7-19(23)15-16-5-2-1-3-6-16/h1-3,5-6,8-11,19H,4,7,12-15H2. The average Bonchev–Trinajstić information content (AvgIpc) is 3.09. The number of hydrogen-bond donors (Lipinski definition) is 0. The molecule has 0 radical (unpaired) electrons. The molecule has 2 aromatic carbocycles. The summed E-state index contributed by atoms with van der Waals surface area (Å²) in [5, 5.41) is 0. The molecule has 1 amide bonds. The Bertz CT molecular complexity index is 727. The number of likely N-dealkylation sites (tertiary alicyclic amines) is 1. The van der Waals surface area contributed by atoms with Crippen LogP contribution in [-0.2, 0) is 11.2 Å². The van der Waals surface area contributed by atoms with Crippen molar-refractivity contribution in [3.8, 4) is 0 Å². The van der Waals surface area contributed by atoms with Gasteiger partial charge in [-0.3, -0.25) is 9.59 Å². The molecule has 0 aromatic heterocycles. The Morgan fingerprint density at radius 3 is 2.44 bits per heavy atom. The Hall–Kier alpha value is -1.94. The second-order valence-electron chi connectivity index (χ2n) is 6.50. The van der Waals surface area contributed by atoms with Gasteiger partial charge in [0.1, 0.15) is 0 Å². The Morgan fingerprint density at radius 1 is 1.00 bits per heavy atom. The summed E-state index contributed by atoms with van der Waals surface area (Å²) in [5.74, 6) is 0.128. The van der Waals surface area contributed by atoms with Gasteiger partial charge in [-0.15, -0.1) is 0 Å². The molecule has 0 bridgehead atoms. The molecule has 3 nitrogen and oxygen atoms in total. The topological polar surface area (TPSA) is 37.4 Å². The van der Waals surface area contributed by atoms with Crippen molar-refractivity contribution in [3.05, 3.63) is 70.2 Å². The number of amides is 1. The molecule has 0 N–H and O–H groups in total. The maximum Gasteiger partial charge on any atom is 0.223 e. The van der Waals surface area contributed by atoms with Gasteiger partial charge in [-0.2, -0.15) is 0 Å². The molecule has 0 spiro atoms. The number of nitrogens with zero attached hydrogens (tertiary/aromatic N) is 1. The summed E-state index contributed by atoms with van der Waals surface area (Å²) in [4.78, 5) is 26.8. The van der Waals surface area contributed by atoms with Crippen molar-refractivity contribution >= 4 is 27.6 Å². The summed E-state index contributed by atoms with van der Waals surface area (Å²) in [6.45, 7) is 0.808. The zero-order chi connectivity index (χ0) is 17.6. The SMILES string of the molecule is O=C(CCC(=O)N1CCCC1Cc1ccccc1)c1ccc(Br)cc1. The molecule has 4 heteroatoms. The largest absolute Gasteiger partial charge is 0.339 e. The zero-order valence-electron chi connectivity index (χ0n) is 14.2. The Balaban J connectivity index is 1.55. The molecule has 1 saturated heterocycles. The quantitative estimate of drug-likeness (QED) is 0.663. The minimum absolute atomic E-state index is 0.0275. The van der Waals surface area contributed by atoms with Crippen LogP contribution < -0.4 is 0 Å². The highest BCUT2D eigenvalue weighted by atomic mass is 79.9. The normalized spacial score (nSPS) is 16.8. The van der Waals surface area contributed by atoms with E-state index in [4.69, 9.17) is 0 Å². The molecule has 0 saturated carbocycles. The fraction of sp³-hybridized carbons (Fsp3) is 0.333. The molecule has 1 heterocycles. The van der Waals surface area contributed by atoms with Crippen molar-refractivity contribution in [2.75, 3.05) is 6.54 Å². The smallest absolute Gasteiger partial charge is 0.223 e. The first-order chi connectivity index (χ1) is 12.1. The minimum atomic E-state index is 0.0275. The average molecular weight is 400 g/mol. The molecule has 2 aromatic rings. The number of carbonyl (C=O) groups excluding carboxylic acids is 2. The van der Waals surface area contributed by atoms with Gasteiger partial charge >= 0.3 is 0 Å². The van der Waals surface area contributed by atoms with Gasteiger partial charge in [-0.05, 0) is 37.0 Å². The van der Waals surface area contributed by atoms with Gasteiger partial charge < -0.3 is 4.90 Å². The molecular formula is C21H22BrNO2. The third-order valence-corrected chi connectivity index (χ3v) is 5.27. The van der Waals surface area contributed by atoms with Gasteiger partial charge in [-0.1, -0.05) is 58.4 Å². The fourth-order valence-electron chi connectivity index (χ4n) is 3.41. The van der Waals surface area contributed by atoms with Crippen LogP contribution in [0.15, 0.2) is 59.1 Å². The first kappa shape index (κ1) is 17.9. The number of ketones is 1. The van der Waals surface area contributed by atoms with E-state index < -0.39 is 0 Å². The number of halogens is 1. The highest BCUT2D eigenvalue weighted by Gasteiger charge is 2.28. The van der Waals surface area contributed by atoms with Crippen LogP contribution in [0.2, 0.25) is 0 Å². The van der Waals surface area contributed by atoms with Crippen LogP contribution in [0.1, 0.15) is 41.6 Å². The van der Waals surface area contributed by atoms with Gasteiger partial charge in [0, 0.05) is 35.5 Å². The number of hydrogen-bond acceptors (Lipinski definition) is 2. The van der Waals surface area contributed by atoms with Crippen LogP contribution in [0.5, 0.6) is 0 Å². The van der Waals surface area contributed by atoms with E-state index in [2.05, 4.69) is 28.1 Å². The highest BCUT2D eigenvalue weighted by molar-refractivity contribution is 9.10. The van der Waals surface area contributed by atoms with E-state index in [0.29, 0.717) is 12.0 Å². The monoisotopic (exact) mass is 399 g/mol. The maximum absolute atomic E-state index is 12.6. The van der Waals surface area contributed by atoms with Crippen LogP contribution in [-0.4, -0.2) is 29.2 Å². The first-order valence-corrected chi connectivity index (χ1v) is 9.55. The number of rotatable bonds is 6. The van der Waals surface area contributed by atoms with Crippen molar-refractivity contribution in [2.45, 2.75) is 38.1 Å². The van der Waals surface area contributed by atoms with E-state index in [1.54, 1.807) is 12.1 Å². The van der Waals surface area contributed by atoms with Gasteiger partial charge in [0.15, 0.2) is 5.78 Å². The minimum Gasteiger partial charge on any atom is -0.339 e. The third kappa shape index (κ3) is 4.79. The third-order valence-electron chi connectivity index (χ3n) is 4.74. The van der Waals surface area contributed by atoms with Crippen LogP contribution in [0.25, 0.3) is 0 Å². The molecule has 1 atom stereocenters. The van der Waals surface area contributed by atoms with Crippen LogP contribution in [0.4, 0.5) is 0 Å². The summed E-state index contributed by atoms with van der Waals surface area (Å²) >= 11 is 3.36. The highest BCUT2D eigenvalue weighted by Crippen LogP contribution is 2.23. The second kappa shape index (κ2) is 8.43. The lowest BCUT2D eigenvalue weighted by molar-refractivity contribution is -0.131. The molecule has 1 unspecified atom stereocenters. The van der Waals surface area contributed by atoms with Crippen LogP contribution in [0.3, 0.4) is 0 Å². The van der Waals surface area contributed by atoms with Crippen molar-refractivity contribution in [3.63, 3.8) is 0 Å². The predicted molar refractivity (Wildman–Crippen MR) is 103 cm³/mol. The molecule has 0 aliphatic carbocycles. The van der Waals surface area contributed by atoms with Crippen LogP contribution in [0, 0.1) is 0 Å². The molecule has 3 rings (SSSR count). The van der Waals surface area contributed by atoms with E-state index in [1.165, 1.54) is 5.56 Å². The molecular weight excluding hydrogens is 378 g/mol. The fourth-order valence-corrected chi connectivity index (χ4v) is 3.67. The zero-order valence-corrected chi connectivity index (χ0v) is 15.7. The lowest BCUT2D eigenvalue weighted by Crippen LogP contribution is -2.36. The lowest BCUT2D eigenvalue weighted by Gasteiger charge is -2.25. The van der Waals surface area contributed by atoms with Gasteiger partial charge in [0.05, 0.1) is 0 Å². The lowest BCUT2D eigenvalue weighted by atomic mass is 10.0. The molecule has 25 heavy (non-hydrogen) atoms. The summed E-state index contributed by atoms with van der Waals surface area (Å²) in [6.07, 6.45) is 3.55. The molecule has 1 aliphatic heterocycles. The molecule has 1 fully saturated rings. The number of carbonyl (C=O) groups is 2. The first-order valence-electron chi connectivity index (χ1n) is 8.75. The maximum atomic E-state index is 12.6. The Labute approximate surface area is 157 Å². The van der Waals surface area contributed by atoms with Gasteiger partial charge in [-0.25, -0.2) is 0 Å². The predicted octanol–water partition coefficient (Wildman–Crippen LogP) is 4.65. The van der Waals surface area contributed by atoms with E-state index in [-0.39, 0.29) is 24.2 Å². The van der Waals surface area contributed by atoms with E-state index in [9.17, 15) is 9.59 Å². The van der Waals surface area contributed by atoms with Crippen molar-refractivity contribution < 1.29 is 9.59 Å². The summed E-state index contributed by atoms with van der Waals surface area (Å²) in [6, 6.07) is 17.9. The van der Waals surface area contributed by atoms with Gasteiger partial charge in [0.2, 0.25) is 5.91 Å². The summed E-state index contributed by atoms with van der Waals surface area (Å²) in [7, 11) is 0. The Morgan fingerprint density at radius 2 is 1.72 bits per heavy atom. The number of benzene rings is 2. The number of Topliss-reactive ketones (excluding diaryl/α,β-unsaturated/α-hetero) is 1. The van der Waals surface area contributed by atoms with Gasteiger partial charge in [0.25, 0.3) is 0 Å². The molecule has 1 aliphatic rings. The van der Waals surface area contributed by atoms with Crippen molar-refractivity contribution in [1.82, 2.24) is 4.90 Å². The van der Waals surface area contributed by atoms with E-state index >= 15 is 0 Å². The van der Waals surface area contributed by atoms with Crippen LogP contribution >= 0.6 is 15.9 Å². The van der Waals surface area contributed by atoms with Crippen molar-refractivity contribution in [1.29, 1.82) is 0 Å². The van der Waals surface area contributed by atoms with E-state index in [1.807, 2.05) is 35.2 Å².